The first-order chi connectivity index (χ1) is 8.56. The van der Waals surface area contributed by atoms with Crippen LogP contribution in [-0.2, 0) is 6.54 Å². The molecule has 0 spiro atoms. The molecule has 2 N–H and O–H groups in total. The molecule has 0 aliphatic rings. The maximum absolute atomic E-state index is 9.71. The van der Waals surface area contributed by atoms with Crippen molar-refractivity contribution in [2.45, 2.75) is 6.54 Å². The molecule has 0 amide bonds. The van der Waals surface area contributed by atoms with Crippen LogP contribution in [0.25, 0.3) is 0 Å². The summed E-state index contributed by atoms with van der Waals surface area (Å²) in [5.74, 6) is 0.244. The van der Waals surface area contributed by atoms with Gasteiger partial charge in [-0.25, -0.2) is 0 Å². The SMILES string of the molecule is Oc1ccc(Cl)cc1CNc1ccc(I)cc1Br. The van der Waals surface area contributed by atoms with Gasteiger partial charge in [0.1, 0.15) is 5.75 Å². The second-order valence-corrected chi connectivity index (χ2v) is 6.29. The molecule has 0 atom stereocenters. The van der Waals surface area contributed by atoms with Crippen LogP contribution in [-0.4, -0.2) is 5.11 Å². The highest BCUT2D eigenvalue weighted by Crippen LogP contribution is 2.27. The first-order valence-electron chi connectivity index (χ1n) is 5.22. The van der Waals surface area contributed by atoms with E-state index in [-0.39, 0.29) is 5.75 Å². The minimum Gasteiger partial charge on any atom is -0.508 e. The van der Waals surface area contributed by atoms with Gasteiger partial charge in [-0.3, -0.25) is 0 Å². The number of aromatic hydroxyl groups is 1. The van der Waals surface area contributed by atoms with Crippen molar-refractivity contribution in [3.8, 4) is 5.75 Å². The van der Waals surface area contributed by atoms with E-state index in [2.05, 4.69) is 43.8 Å². The molecule has 2 aromatic rings. The Morgan fingerprint density at radius 1 is 1.22 bits per heavy atom. The van der Waals surface area contributed by atoms with Gasteiger partial charge in [-0.05, 0) is 74.9 Å². The normalized spacial score (nSPS) is 10.4. The van der Waals surface area contributed by atoms with Crippen LogP contribution in [0.5, 0.6) is 5.75 Å². The van der Waals surface area contributed by atoms with Gasteiger partial charge in [0.15, 0.2) is 0 Å². The number of nitrogens with one attached hydrogen (secondary N) is 1. The van der Waals surface area contributed by atoms with E-state index >= 15 is 0 Å². The minimum atomic E-state index is 0.244. The number of phenols is 1. The van der Waals surface area contributed by atoms with Crippen molar-refractivity contribution in [1.29, 1.82) is 0 Å². The Hall–Kier alpha value is -0.460. The summed E-state index contributed by atoms with van der Waals surface area (Å²) >= 11 is 11.7. The number of benzene rings is 2. The molecule has 0 saturated heterocycles. The molecule has 94 valence electrons. The maximum Gasteiger partial charge on any atom is 0.120 e. The lowest BCUT2D eigenvalue weighted by atomic mass is 10.2. The van der Waals surface area contributed by atoms with Crippen molar-refractivity contribution in [2.24, 2.45) is 0 Å². The Kier molecular flexibility index (Phi) is 4.75. The van der Waals surface area contributed by atoms with Gasteiger partial charge in [-0.2, -0.15) is 0 Å². The second kappa shape index (κ2) is 6.12. The van der Waals surface area contributed by atoms with E-state index in [1.54, 1.807) is 18.2 Å². The number of rotatable bonds is 3. The molecule has 2 nitrogen and oxygen atoms in total. The molecule has 0 bridgehead atoms. The third-order valence-electron chi connectivity index (χ3n) is 2.44. The fourth-order valence-electron chi connectivity index (χ4n) is 1.52. The Morgan fingerprint density at radius 2 is 2.00 bits per heavy atom. The van der Waals surface area contributed by atoms with Crippen LogP contribution in [0.15, 0.2) is 40.9 Å². The summed E-state index contributed by atoms with van der Waals surface area (Å²) < 4.78 is 2.16. The second-order valence-electron chi connectivity index (χ2n) is 3.75. The first kappa shape index (κ1) is 14.0. The summed E-state index contributed by atoms with van der Waals surface area (Å²) in [5.41, 5.74) is 1.75. The monoisotopic (exact) mass is 437 g/mol. The molecule has 0 fully saturated rings. The predicted octanol–water partition coefficient (Wildman–Crippen LogP) is 5.02. The van der Waals surface area contributed by atoms with Gasteiger partial charge in [0.2, 0.25) is 0 Å². The van der Waals surface area contributed by atoms with E-state index in [1.807, 2.05) is 18.2 Å². The molecule has 0 aliphatic carbocycles. The molecular formula is C13H10BrClINO. The Bertz CT molecular complexity index is 577. The van der Waals surface area contributed by atoms with Gasteiger partial charge in [-0.15, -0.1) is 0 Å². The molecule has 0 aromatic heterocycles. The van der Waals surface area contributed by atoms with Crippen molar-refractivity contribution < 1.29 is 5.11 Å². The van der Waals surface area contributed by atoms with Crippen molar-refractivity contribution in [1.82, 2.24) is 0 Å². The zero-order valence-corrected chi connectivity index (χ0v) is 13.8. The Morgan fingerprint density at radius 3 is 2.72 bits per heavy atom. The van der Waals surface area contributed by atoms with Gasteiger partial charge in [0, 0.05) is 30.9 Å². The number of phenolic OH excluding ortho intramolecular Hbond substituents is 1. The number of halogens is 3. The zero-order chi connectivity index (χ0) is 13.1. The summed E-state index contributed by atoms with van der Waals surface area (Å²) in [6.07, 6.45) is 0. The third kappa shape index (κ3) is 3.52. The van der Waals surface area contributed by atoms with Crippen LogP contribution in [0.2, 0.25) is 5.02 Å². The lowest BCUT2D eigenvalue weighted by Crippen LogP contribution is -2.00. The third-order valence-corrected chi connectivity index (χ3v) is 4.00. The lowest BCUT2D eigenvalue weighted by Gasteiger charge is -2.10. The van der Waals surface area contributed by atoms with Gasteiger partial charge >= 0.3 is 0 Å². The molecule has 0 saturated carbocycles. The van der Waals surface area contributed by atoms with Crippen molar-refractivity contribution in [3.05, 3.63) is 55.0 Å². The molecule has 2 rings (SSSR count). The van der Waals surface area contributed by atoms with E-state index in [4.69, 9.17) is 11.6 Å². The summed E-state index contributed by atoms with van der Waals surface area (Å²) in [5, 5.41) is 13.6. The standard InChI is InChI=1S/C13H10BrClINO/c14-11-6-10(16)2-3-12(11)17-7-8-5-9(15)1-4-13(8)18/h1-6,17-18H,7H2. The van der Waals surface area contributed by atoms with Crippen LogP contribution in [0, 0.1) is 3.57 Å². The van der Waals surface area contributed by atoms with Crippen LogP contribution in [0.1, 0.15) is 5.56 Å². The summed E-state index contributed by atoms with van der Waals surface area (Å²) in [7, 11) is 0. The Balaban J connectivity index is 2.13. The van der Waals surface area contributed by atoms with Crippen LogP contribution in [0.4, 0.5) is 5.69 Å². The fourth-order valence-corrected chi connectivity index (χ4v) is 3.15. The molecule has 0 unspecified atom stereocenters. The highest BCUT2D eigenvalue weighted by Gasteiger charge is 2.04. The Labute approximate surface area is 133 Å². The molecule has 0 radical (unpaired) electrons. The number of hydrogen-bond donors (Lipinski definition) is 2. The molecule has 5 heteroatoms. The van der Waals surface area contributed by atoms with Gasteiger partial charge < -0.3 is 10.4 Å². The average Bonchev–Trinajstić information content (AvgIpc) is 2.32. The van der Waals surface area contributed by atoms with E-state index in [0.29, 0.717) is 11.6 Å². The summed E-state index contributed by atoms with van der Waals surface area (Å²) in [4.78, 5) is 0. The van der Waals surface area contributed by atoms with Crippen LogP contribution < -0.4 is 5.32 Å². The van der Waals surface area contributed by atoms with Gasteiger partial charge in [-0.1, -0.05) is 11.6 Å². The lowest BCUT2D eigenvalue weighted by molar-refractivity contribution is 0.469. The highest BCUT2D eigenvalue weighted by molar-refractivity contribution is 14.1. The van der Waals surface area contributed by atoms with Crippen LogP contribution in [0.3, 0.4) is 0 Å². The minimum absolute atomic E-state index is 0.244. The van der Waals surface area contributed by atoms with E-state index in [1.165, 1.54) is 0 Å². The maximum atomic E-state index is 9.71. The molecule has 0 aliphatic heterocycles. The average molecular weight is 438 g/mol. The first-order valence-corrected chi connectivity index (χ1v) is 7.47. The van der Waals surface area contributed by atoms with Crippen molar-refractivity contribution in [3.63, 3.8) is 0 Å². The van der Waals surface area contributed by atoms with E-state index < -0.39 is 0 Å². The number of anilines is 1. The molecular weight excluding hydrogens is 428 g/mol. The van der Waals surface area contributed by atoms with Gasteiger partial charge in [0.05, 0.1) is 0 Å². The molecule has 18 heavy (non-hydrogen) atoms. The van der Waals surface area contributed by atoms with E-state index in [0.717, 1.165) is 19.3 Å². The van der Waals surface area contributed by atoms with Crippen molar-refractivity contribution in [2.75, 3.05) is 5.32 Å². The predicted molar refractivity (Wildman–Crippen MR) is 87.3 cm³/mol. The summed E-state index contributed by atoms with van der Waals surface area (Å²) in [6, 6.07) is 11.1. The summed E-state index contributed by atoms with van der Waals surface area (Å²) in [6.45, 7) is 0.519. The quantitative estimate of drug-likeness (QED) is 0.660. The van der Waals surface area contributed by atoms with Crippen LogP contribution >= 0.6 is 50.1 Å². The smallest absolute Gasteiger partial charge is 0.120 e. The highest BCUT2D eigenvalue weighted by atomic mass is 127. The number of hydrogen-bond acceptors (Lipinski definition) is 2. The molecule has 2 aromatic carbocycles. The fraction of sp³-hybridized carbons (Fsp3) is 0.0769. The van der Waals surface area contributed by atoms with Crippen molar-refractivity contribution >= 4 is 55.8 Å². The van der Waals surface area contributed by atoms with Gasteiger partial charge in [0.25, 0.3) is 0 Å². The topological polar surface area (TPSA) is 32.3 Å². The van der Waals surface area contributed by atoms with E-state index in [9.17, 15) is 5.11 Å². The largest absolute Gasteiger partial charge is 0.508 e. The zero-order valence-electron chi connectivity index (χ0n) is 9.25. The molecule has 0 heterocycles.